The van der Waals surface area contributed by atoms with Gasteiger partial charge in [-0.05, 0) is 16.0 Å². The first-order chi connectivity index (χ1) is 15.4. The summed E-state index contributed by atoms with van der Waals surface area (Å²) in [6.07, 6.45) is -1.63. The Hall–Kier alpha value is -4.41. The third-order valence-corrected chi connectivity index (χ3v) is 4.35. The number of nitrogens with one attached hydrogen (secondary N) is 1. The van der Waals surface area contributed by atoms with Gasteiger partial charge in [0.2, 0.25) is 11.6 Å². The van der Waals surface area contributed by atoms with E-state index in [1.165, 1.54) is 0 Å². The quantitative estimate of drug-likeness (QED) is 0.446. The maximum Gasteiger partial charge on any atom is 0.408 e. The van der Waals surface area contributed by atoms with Gasteiger partial charge in [0.25, 0.3) is 0 Å². The summed E-state index contributed by atoms with van der Waals surface area (Å²) in [6.45, 7) is -0.568. The molecule has 2 aromatic carbocycles. The minimum absolute atomic E-state index is 0.0522. The van der Waals surface area contributed by atoms with E-state index in [2.05, 4.69) is 20.8 Å². The zero-order valence-electron chi connectivity index (χ0n) is 16.7. The highest BCUT2D eigenvalue weighted by Crippen LogP contribution is 2.08. The Morgan fingerprint density at radius 2 is 1.66 bits per heavy atom. The average molecular weight is 437 g/mol. The van der Waals surface area contributed by atoms with E-state index < -0.39 is 42.6 Å². The number of rotatable bonds is 10. The molecule has 1 atom stereocenters. The molecule has 0 aliphatic carbocycles. The molecule has 0 aliphatic heterocycles. The Labute approximate surface area is 182 Å². The van der Waals surface area contributed by atoms with Crippen LogP contribution in [-0.4, -0.2) is 55.0 Å². The lowest BCUT2D eigenvalue weighted by Gasteiger charge is -2.16. The summed E-state index contributed by atoms with van der Waals surface area (Å²) in [4.78, 5) is 48.6. The summed E-state index contributed by atoms with van der Waals surface area (Å²) in [7, 11) is 0. The van der Waals surface area contributed by atoms with E-state index in [1.54, 1.807) is 60.7 Å². The molecule has 2 N–H and O–H groups in total. The number of carboxylic acids is 1. The zero-order valence-corrected chi connectivity index (χ0v) is 16.7. The van der Waals surface area contributed by atoms with Gasteiger partial charge in [-0.15, -0.1) is 5.10 Å². The number of carboxylic acid groups (broad SMARTS) is 1. The number of alkyl carbamates (subject to hydrolysis) is 1. The Balaban J connectivity index is 1.66. The lowest BCUT2D eigenvalue weighted by molar-refractivity contribution is -0.139. The van der Waals surface area contributed by atoms with Crippen LogP contribution < -0.4 is 5.32 Å². The number of carbonyl (C=O) groups is 4. The van der Waals surface area contributed by atoms with Crippen LogP contribution in [0.1, 0.15) is 28.2 Å². The van der Waals surface area contributed by atoms with E-state index in [9.17, 15) is 19.2 Å². The summed E-state index contributed by atoms with van der Waals surface area (Å²) in [5, 5.41) is 22.1. The second-order valence-electron chi connectivity index (χ2n) is 6.68. The van der Waals surface area contributed by atoms with Crippen LogP contribution in [0, 0.1) is 0 Å². The SMILES string of the molecule is O=C(O)CC(NC(=O)OCc1ccccc1)C(=O)Cn1nnnc1C(=O)c1ccccc1. The van der Waals surface area contributed by atoms with Gasteiger partial charge in [-0.2, -0.15) is 0 Å². The molecule has 164 valence electrons. The molecule has 1 aromatic heterocycles. The maximum absolute atomic E-state index is 12.7. The first-order valence-electron chi connectivity index (χ1n) is 9.51. The van der Waals surface area contributed by atoms with Gasteiger partial charge in [0.1, 0.15) is 19.2 Å². The highest BCUT2D eigenvalue weighted by Gasteiger charge is 2.27. The Kier molecular flexibility index (Phi) is 7.36. The summed E-state index contributed by atoms with van der Waals surface area (Å²) in [5.41, 5.74) is 1.04. The van der Waals surface area contributed by atoms with E-state index in [0.717, 1.165) is 10.2 Å². The minimum atomic E-state index is -1.40. The van der Waals surface area contributed by atoms with Gasteiger partial charge in [-0.25, -0.2) is 9.48 Å². The van der Waals surface area contributed by atoms with Crippen LogP contribution in [0.4, 0.5) is 4.79 Å². The predicted octanol–water partition coefficient (Wildman–Crippen LogP) is 1.24. The van der Waals surface area contributed by atoms with Crippen molar-refractivity contribution < 1.29 is 29.0 Å². The molecule has 0 bridgehead atoms. The Morgan fingerprint density at radius 1 is 1.00 bits per heavy atom. The van der Waals surface area contributed by atoms with Crippen molar-refractivity contribution in [3.05, 3.63) is 77.6 Å². The van der Waals surface area contributed by atoms with Crippen LogP contribution in [0.2, 0.25) is 0 Å². The second-order valence-corrected chi connectivity index (χ2v) is 6.68. The van der Waals surface area contributed by atoms with Crippen LogP contribution in [0.15, 0.2) is 60.7 Å². The lowest BCUT2D eigenvalue weighted by Crippen LogP contribution is -2.44. The molecular formula is C21H19N5O6. The van der Waals surface area contributed by atoms with Crippen LogP contribution in [-0.2, 0) is 27.5 Å². The first-order valence-corrected chi connectivity index (χ1v) is 9.51. The van der Waals surface area contributed by atoms with Crippen LogP contribution >= 0.6 is 0 Å². The van der Waals surface area contributed by atoms with Crippen molar-refractivity contribution in [2.45, 2.75) is 25.6 Å². The van der Waals surface area contributed by atoms with Gasteiger partial charge in [0.15, 0.2) is 5.78 Å². The first kappa shape index (κ1) is 22.3. The monoisotopic (exact) mass is 437 g/mol. The smallest absolute Gasteiger partial charge is 0.408 e. The highest BCUT2D eigenvalue weighted by molar-refractivity contribution is 6.06. The lowest BCUT2D eigenvalue weighted by atomic mass is 10.1. The topological polar surface area (TPSA) is 153 Å². The van der Waals surface area contributed by atoms with Crippen LogP contribution in [0.3, 0.4) is 0 Å². The van der Waals surface area contributed by atoms with Crippen molar-refractivity contribution in [1.82, 2.24) is 25.5 Å². The number of aromatic nitrogens is 4. The number of carbonyl (C=O) groups excluding carboxylic acids is 3. The number of Topliss-reactive ketones (excluding diaryl/α,β-unsaturated/α-hetero) is 1. The molecule has 0 saturated carbocycles. The van der Waals surface area contributed by atoms with Crippen molar-refractivity contribution in [1.29, 1.82) is 0 Å². The molecule has 0 saturated heterocycles. The van der Waals surface area contributed by atoms with Crippen molar-refractivity contribution in [3.8, 4) is 0 Å². The number of amides is 1. The van der Waals surface area contributed by atoms with E-state index in [0.29, 0.717) is 5.56 Å². The van der Waals surface area contributed by atoms with Gasteiger partial charge >= 0.3 is 12.1 Å². The number of tetrazole rings is 1. The fourth-order valence-corrected chi connectivity index (χ4v) is 2.78. The van der Waals surface area contributed by atoms with Crippen molar-refractivity contribution in [2.75, 3.05) is 0 Å². The number of hydrogen-bond acceptors (Lipinski definition) is 8. The summed E-state index contributed by atoms with van der Waals surface area (Å²) < 4.78 is 6.01. The summed E-state index contributed by atoms with van der Waals surface area (Å²) in [5.74, 6) is -2.71. The number of benzene rings is 2. The largest absolute Gasteiger partial charge is 0.481 e. The number of nitrogens with zero attached hydrogens (tertiary/aromatic N) is 4. The van der Waals surface area contributed by atoms with Gasteiger partial charge < -0.3 is 15.2 Å². The minimum Gasteiger partial charge on any atom is -0.481 e. The molecule has 32 heavy (non-hydrogen) atoms. The highest BCUT2D eigenvalue weighted by atomic mass is 16.5. The molecule has 0 radical (unpaired) electrons. The molecule has 11 heteroatoms. The third kappa shape index (κ3) is 6.05. The number of aliphatic carboxylic acids is 1. The fourth-order valence-electron chi connectivity index (χ4n) is 2.78. The number of ketones is 2. The van der Waals surface area contributed by atoms with Gasteiger partial charge in [0, 0.05) is 5.56 Å². The van der Waals surface area contributed by atoms with Crippen molar-refractivity contribution in [3.63, 3.8) is 0 Å². The number of hydrogen-bond donors (Lipinski definition) is 2. The normalized spacial score (nSPS) is 11.4. The standard InChI is InChI=1S/C21H19N5O6/c27-17(12-26-20(23-24-25-26)19(30)15-9-5-2-6-10-15)16(11-18(28)29)22-21(31)32-13-14-7-3-1-4-8-14/h1-10,16H,11-13H2,(H,22,31)(H,28,29). The van der Waals surface area contributed by atoms with Gasteiger partial charge in [-0.1, -0.05) is 60.7 Å². The second kappa shape index (κ2) is 10.6. The predicted molar refractivity (Wildman–Crippen MR) is 109 cm³/mol. The van der Waals surface area contributed by atoms with E-state index >= 15 is 0 Å². The van der Waals surface area contributed by atoms with E-state index in [-0.39, 0.29) is 12.4 Å². The Morgan fingerprint density at radius 3 is 2.31 bits per heavy atom. The molecule has 3 aromatic rings. The molecule has 1 unspecified atom stereocenters. The maximum atomic E-state index is 12.7. The summed E-state index contributed by atoms with van der Waals surface area (Å²) in [6, 6.07) is 15.7. The fraction of sp³-hybridized carbons (Fsp3) is 0.190. The average Bonchev–Trinajstić information content (AvgIpc) is 3.25. The summed E-state index contributed by atoms with van der Waals surface area (Å²) >= 11 is 0. The molecule has 0 spiro atoms. The van der Waals surface area contributed by atoms with Gasteiger partial charge in [0.05, 0.1) is 6.42 Å². The Bertz CT molecular complexity index is 1100. The molecular weight excluding hydrogens is 418 g/mol. The molecule has 11 nitrogen and oxygen atoms in total. The molecule has 3 rings (SSSR count). The molecule has 0 aliphatic rings. The third-order valence-electron chi connectivity index (χ3n) is 4.35. The van der Waals surface area contributed by atoms with E-state index in [1.807, 2.05) is 0 Å². The van der Waals surface area contributed by atoms with Crippen molar-refractivity contribution >= 4 is 23.6 Å². The zero-order chi connectivity index (χ0) is 22.9. The van der Waals surface area contributed by atoms with E-state index in [4.69, 9.17) is 9.84 Å². The number of ether oxygens (including phenoxy) is 1. The van der Waals surface area contributed by atoms with Crippen molar-refractivity contribution in [2.24, 2.45) is 0 Å². The van der Waals surface area contributed by atoms with Crippen LogP contribution in [0.25, 0.3) is 0 Å². The molecule has 1 amide bonds. The van der Waals surface area contributed by atoms with Gasteiger partial charge in [-0.3, -0.25) is 14.4 Å². The molecule has 1 heterocycles. The van der Waals surface area contributed by atoms with Crippen LogP contribution in [0.5, 0.6) is 0 Å². The molecule has 0 fully saturated rings.